The number of rotatable bonds is 3. The van der Waals surface area contributed by atoms with Crippen molar-refractivity contribution in [3.63, 3.8) is 0 Å². The van der Waals surface area contributed by atoms with Gasteiger partial charge < -0.3 is 5.11 Å². The fourth-order valence-corrected chi connectivity index (χ4v) is 2.24. The van der Waals surface area contributed by atoms with Crippen LogP contribution in [0.5, 0.6) is 0 Å². The minimum Gasteiger partial charge on any atom is -0.395 e. The lowest BCUT2D eigenvalue weighted by atomic mass is 10.3. The maximum Gasteiger partial charge on any atom is 0.297 e. The lowest BCUT2D eigenvalue weighted by molar-refractivity contribution is 0.110. The Hall–Kier alpha value is 1.28. The molecule has 56 valence electrons. The molecule has 1 atom stereocenters. The summed E-state index contributed by atoms with van der Waals surface area (Å²) in [5.74, 6) is 0. The summed E-state index contributed by atoms with van der Waals surface area (Å²) in [6.45, 7) is -0.181. The lowest BCUT2D eigenvalue weighted by Gasteiger charge is -2.10. The molecule has 0 heterocycles. The number of halogens is 4. The van der Waals surface area contributed by atoms with Crippen molar-refractivity contribution in [3.8, 4) is 0 Å². The highest BCUT2D eigenvalue weighted by atomic mass is 127. The van der Waals surface area contributed by atoms with Gasteiger partial charge in [-0.25, -0.2) is 0 Å². The van der Waals surface area contributed by atoms with Crippen LogP contribution in [0.3, 0.4) is 0 Å². The Labute approximate surface area is 79.5 Å². The van der Waals surface area contributed by atoms with Gasteiger partial charge in [0, 0.05) is 10.3 Å². The maximum absolute atomic E-state index is 12.0. The summed E-state index contributed by atoms with van der Waals surface area (Å²) in [5.41, 5.74) is 0. The summed E-state index contributed by atoms with van der Waals surface area (Å²) in [7, 11) is 0. The molecule has 1 N–H and O–H groups in total. The van der Waals surface area contributed by atoms with Crippen LogP contribution in [-0.2, 0) is 0 Å². The molecule has 1 unspecified atom stereocenters. The first-order chi connectivity index (χ1) is 3.95. The van der Waals surface area contributed by atoms with Crippen molar-refractivity contribution in [2.24, 2.45) is 0 Å². The third-order valence-corrected chi connectivity index (χ3v) is 1.93. The molecule has 0 aromatic rings. The van der Waals surface area contributed by atoms with Crippen LogP contribution in [0.15, 0.2) is 0 Å². The van der Waals surface area contributed by atoms with Crippen LogP contribution in [0, 0.1) is 0 Å². The van der Waals surface area contributed by atoms with Gasteiger partial charge in [0.1, 0.15) is 0 Å². The topological polar surface area (TPSA) is 20.2 Å². The summed E-state index contributed by atoms with van der Waals surface area (Å²) in [6.07, 6.45) is -0.259. The molecule has 1 nitrogen and oxygen atoms in total. The molecule has 0 rings (SSSR count). The second-order valence-corrected chi connectivity index (χ2v) is 4.94. The number of aliphatic hydroxyl groups excluding tert-OH is 1. The summed E-state index contributed by atoms with van der Waals surface area (Å²) >= 11 is 2.86. The largest absolute Gasteiger partial charge is 0.395 e. The van der Waals surface area contributed by atoms with E-state index in [9.17, 15) is 8.78 Å². The molecule has 0 amide bonds. The Morgan fingerprint density at radius 2 is 2.00 bits per heavy atom. The van der Waals surface area contributed by atoms with Crippen molar-refractivity contribution in [3.05, 3.63) is 0 Å². The van der Waals surface area contributed by atoms with Crippen molar-refractivity contribution in [2.75, 3.05) is 6.61 Å². The van der Waals surface area contributed by atoms with E-state index >= 15 is 0 Å². The highest BCUT2D eigenvalue weighted by molar-refractivity contribution is 14.1. The third kappa shape index (κ3) is 7.17. The monoisotopic (exact) mass is 362 g/mol. The van der Waals surface area contributed by atoms with Gasteiger partial charge in [0.25, 0.3) is 3.93 Å². The Morgan fingerprint density at radius 1 is 1.56 bits per heavy atom. The molecule has 0 aliphatic heterocycles. The van der Waals surface area contributed by atoms with E-state index < -0.39 is 3.93 Å². The van der Waals surface area contributed by atoms with Crippen LogP contribution < -0.4 is 0 Å². The molecule has 0 aliphatic carbocycles. The van der Waals surface area contributed by atoms with E-state index in [1.165, 1.54) is 0 Å². The molecule has 0 aromatic heterocycles. The number of aliphatic hydroxyl groups is 1. The third-order valence-electron chi connectivity index (χ3n) is 0.651. The predicted octanol–water partition coefficient (Wildman–Crippen LogP) is 2.20. The fourth-order valence-electron chi connectivity index (χ4n) is 0.316. The predicted molar refractivity (Wildman–Crippen MR) is 48.5 cm³/mol. The zero-order valence-corrected chi connectivity index (χ0v) is 8.77. The van der Waals surface area contributed by atoms with Gasteiger partial charge in [0.15, 0.2) is 0 Å². The first-order valence-electron chi connectivity index (χ1n) is 2.27. The minimum absolute atomic E-state index is 0.181. The van der Waals surface area contributed by atoms with Gasteiger partial charge in [-0.2, -0.15) is 8.78 Å². The molecule has 0 saturated carbocycles. The molecule has 0 bridgehead atoms. The number of alkyl halides is 4. The van der Waals surface area contributed by atoms with E-state index in [0.29, 0.717) is 0 Å². The smallest absolute Gasteiger partial charge is 0.297 e. The van der Waals surface area contributed by atoms with E-state index in [0.717, 1.165) is 22.6 Å². The minimum atomic E-state index is -2.67. The molecular weight excluding hydrogens is 356 g/mol. The van der Waals surface area contributed by atoms with Crippen LogP contribution in [0.2, 0.25) is 0 Å². The van der Waals surface area contributed by atoms with Gasteiger partial charge >= 0.3 is 0 Å². The first-order valence-corrected chi connectivity index (χ1v) is 4.60. The van der Waals surface area contributed by atoms with Gasteiger partial charge in [0.05, 0.1) is 6.61 Å². The first kappa shape index (κ1) is 10.3. The van der Waals surface area contributed by atoms with Crippen LogP contribution >= 0.6 is 45.2 Å². The van der Waals surface area contributed by atoms with Crippen molar-refractivity contribution >= 4 is 45.2 Å². The molecule has 0 aromatic carbocycles. The normalized spacial score (nSPS) is 15.7. The van der Waals surface area contributed by atoms with Crippen molar-refractivity contribution in [1.82, 2.24) is 0 Å². The lowest BCUT2D eigenvalue weighted by Crippen LogP contribution is -2.15. The Kier molecular flexibility index (Phi) is 4.82. The summed E-state index contributed by atoms with van der Waals surface area (Å²) in [6, 6.07) is 0. The van der Waals surface area contributed by atoms with Crippen LogP contribution in [0.4, 0.5) is 8.78 Å². The maximum atomic E-state index is 12.0. The van der Waals surface area contributed by atoms with E-state index in [1.54, 1.807) is 22.6 Å². The van der Waals surface area contributed by atoms with Crippen molar-refractivity contribution < 1.29 is 13.9 Å². The van der Waals surface area contributed by atoms with Crippen LogP contribution in [-0.4, -0.2) is 19.6 Å². The summed E-state index contributed by atoms with van der Waals surface area (Å²) in [5, 5.41) is 8.35. The number of hydrogen-bond acceptors (Lipinski definition) is 1. The molecular formula is C4H6F2I2O. The quantitative estimate of drug-likeness (QED) is 0.603. The van der Waals surface area contributed by atoms with E-state index in [1.807, 2.05) is 0 Å². The van der Waals surface area contributed by atoms with Gasteiger partial charge in [-0.05, 0) is 22.6 Å². The molecule has 0 radical (unpaired) electrons. The van der Waals surface area contributed by atoms with Crippen LogP contribution in [0.1, 0.15) is 6.42 Å². The zero-order valence-electron chi connectivity index (χ0n) is 4.45. The molecule has 0 fully saturated rings. The van der Waals surface area contributed by atoms with Gasteiger partial charge in [-0.15, -0.1) is 0 Å². The molecule has 0 aliphatic rings. The van der Waals surface area contributed by atoms with E-state index in [4.69, 9.17) is 5.11 Å². The fraction of sp³-hybridized carbons (Fsp3) is 1.00. The van der Waals surface area contributed by atoms with E-state index in [-0.39, 0.29) is 17.0 Å². The standard InChI is InChI=1S/C4H6F2I2O/c5-4(6,8)1-3(7)2-9/h3,9H,1-2H2. The van der Waals surface area contributed by atoms with Crippen LogP contribution in [0.25, 0.3) is 0 Å². The average molecular weight is 362 g/mol. The molecule has 0 spiro atoms. The van der Waals surface area contributed by atoms with Gasteiger partial charge in [-0.1, -0.05) is 22.6 Å². The Morgan fingerprint density at radius 3 is 2.11 bits per heavy atom. The summed E-state index contributed by atoms with van der Waals surface area (Å²) < 4.78 is 21.0. The molecule has 0 saturated heterocycles. The SMILES string of the molecule is OCC(I)CC(F)(F)I. The zero-order chi connectivity index (χ0) is 7.49. The average Bonchev–Trinajstić information content (AvgIpc) is 1.62. The van der Waals surface area contributed by atoms with Gasteiger partial charge in [-0.3, -0.25) is 0 Å². The number of hydrogen-bond donors (Lipinski definition) is 1. The molecule has 5 heteroatoms. The second-order valence-electron chi connectivity index (χ2n) is 1.60. The summed E-state index contributed by atoms with van der Waals surface area (Å²) in [4.78, 5) is 0. The Balaban J connectivity index is 3.47. The highest BCUT2D eigenvalue weighted by Gasteiger charge is 2.26. The van der Waals surface area contributed by atoms with Crippen molar-refractivity contribution in [1.29, 1.82) is 0 Å². The molecule has 9 heavy (non-hydrogen) atoms. The second kappa shape index (κ2) is 4.22. The van der Waals surface area contributed by atoms with Crippen molar-refractivity contribution in [2.45, 2.75) is 14.3 Å². The van der Waals surface area contributed by atoms with E-state index in [2.05, 4.69) is 0 Å². The highest BCUT2D eigenvalue weighted by Crippen LogP contribution is 2.30. The van der Waals surface area contributed by atoms with Gasteiger partial charge in [0.2, 0.25) is 0 Å². The Bertz CT molecular complexity index is 83.1.